The third-order valence-electron chi connectivity index (χ3n) is 4.15. The first-order valence-electron chi connectivity index (χ1n) is 6.60. The SMILES string of the molecule is O=C(O)c1ncn2c1C1CCN1C(=O)c1c-2ccc(F)c1F. The molecule has 6 nitrogen and oxygen atoms in total. The summed E-state index contributed by atoms with van der Waals surface area (Å²) in [5, 5.41) is 9.25. The van der Waals surface area contributed by atoms with Crippen molar-refractivity contribution in [2.24, 2.45) is 0 Å². The Bertz CT molecular complexity index is 846. The van der Waals surface area contributed by atoms with Gasteiger partial charge in [-0.1, -0.05) is 0 Å². The van der Waals surface area contributed by atoms with Crippen LogP contribution in [-0.2, 0) is 0 Å². The number of rotatable bonds is 1. The fraction of sp³-hybridized carbons (Fsp3) is 0.214. The van der Waals surface area contributed by atoms with Crippen LogP contribution >= 0.6 is 0 Å². The molecule has 1 amide bonds. The van der Waals surface area contributed by atoms with Crippen LogP contribution in [-0.4, -0.2) is 38.0 Å². The van der Waals surface area contributed by atoms with E-state index in [1.165, 1.54) is 21.9 Å². The molecular formula is C14H9F2N3O3. The molecule has 1 N–H and O–H groups in total. The van der Waals surface area contributed by atoms with Crippen molar-refractivity contribution in [1.82, 2.24) is 14.5 Å². The first-order chi connectivity index (χ1) is 10.5. The lowest BCUT2D eigenvalue weighted by molar-refractivity contribution is 0.0444. The number of aromatic carboxylic acids is 1. The Balaban J connectivity index is 2.08. The van der Waals surface area contributed by atoms with E-state index in [1.54, 1.807) is 0 Å². The molecule has 0 bridgehead atoms. The highest BCUT2D eigenvalue weighted by Gasteiger charge is 2.43. The van der Waals surface area contributed by atoms with Gasteiger partial charge in [0.05, 0.1) is 17.4 Å². The van der Waals surface area contributed by atoms with E-state index in [4.69, 9.17) is 0 Å². The van der Waals surface area contributed by atoms with Gasteiger partial charge in [0.25, 0.3) is 5.91 Å². The summed E-state index contributed by atoms with van der Waals surface area (Å²) in [6, 6.07) is 1.68. The summed E-state index contributed by atoms with van der Waals surface area (Å²) in [5.41, 5.74) is -0.150. The summed E-state index contributed by atoms with van der Waals surface area (Å²) < 4.78 is 29.0. The van der Waals surface area contributed by atoms with E-state index in [9.17, 15) is 23.5 Å². The second-order valence-electron chi connectivity index (χ2n) is 5.21. The van der Waals surface area contributed by atoms with Crippen molar-refractivity contribution in [2.45, 2.75) is 12.5 Å². The predicted octanol–water partition coefficient (Wildman–Crippen LogP) is 1.75. The van der Waals surface area contributed by atoms with Crippen molar-refractivity contribution in [3.05, 3.63) is 47.0 Å². The van der Waals surface area contributed by atoms with E-state index in [0.29, 0.717) is 18.7 Å². The minimum atomic E-state index is -1.23. The Kier molecular flexibility index (Phi) is 2.42. The fourth-order valence-electron chi connectivity index (χ4n) is 3.04. The predicted molar refractivity (Wildman–Crippen MR) is 68.8 cm³/mol. The number of fused-ring (bicyclic) bond motifs is 5. The molecule has 1 aromatic heterocycles. The maximum Gasteiger partial charge on any atom is 0.356 e. The third-order valence-corrected chi connectivity index (χ3v) is 4.15. The molecule has 3 heterocycles. The van der Waals surface area contributed by atoms with Crippen molar-refractivity contribution in [3.63, 3.8) is 0 Å². The van der Waals surface area contributed by atoms with Crippen molar-refractivity contribution in [3.8, 4) is 5.69 Å². The number of benzene rings is 1. The molecule has 1 fully saturated rings. The number of halogens is 2. The highest BCUT2D eigenvalue weighted by molar-refractivity contribution is 6.00. The second-order valence-corrected chi connectivity index (χ2v) is 5.21. The number of nitrogens with zero attached hydrogens (tertiary/aromatic N) is 3. The van der Waals surface area contributed by atoms with Gasteiger partial charge in [0.2, 0.25) is 0 Å². The van der Waals surface area contributed by atoms with Gasteiger partial charge < -0.3 is 10.0 Å². The zero-order valence-electron chi connectivity index (χ0n) is 11.1. The summed E-state index contributed by atoms with van der Waals surface area (Å²) >= 11 is 0. The average molecular weight is 305 g/mol. The average Bonchev–Trinajstić information content (AvgIpc) is 2.82. The van der Waals surface area contributed by atoms with Gasteiger partial charge in [-0.3, -0.25) is 9.36 Å². The van der Waals surface area contributed by atoms with Gasteiger partial charge in [-0.15, -0.1) is 0 Å². The van der Waals surface area contributed by atoms with Crippen LogP contribution < -0.4 is 0 Å². The molecular weight excluding hydrogens is 296 g/mol. The maximum atomic E-state index is 14.1. The molecule has 0 radical (unpaired) electrons. The normalized spacial score (nSPS) is 18.9. The van der Waals surface area contributed by atoms with Gasteiger partial charge in [-0.2, -0.15) is 0 Å². The van der Waals surface area contributed by atoms with Crippen LogP contribution in [0.5, 0.6) is 0 Å². The number of aromatic nitrogens is 2. The largest absolute Gasteiger partial charge is 0.476 e. The standard InChI is InChI=1S/C14H9F2N3O3/c15-6-1-2-7-9(10(6)16)13(20)18-4-3-8(18)12-11(14(21)22)17-5-19(7)12/h1-2,5,8H,3-4H2,(H,21,22). The van der Waals surface area contributed by atoms with Gasteiger partial charge in [-0.05, 0) is 18.6 Å². The fourth-order valence-corrected chi connectivity index (χ4v) is 3.04. The highest BCUT2D eigenvalue weighted by Crippen LogP contribution is 2.41. The highest BCUT2D eigenvalue weighted by atomic mass is 19.2. The Morgan fingerprint density at radius 3 is 2.77 bits per heavy atom. The molecule has 2 aromatic rings. The minimum Gasteiger partial charge on any atom is -0.476 e. The number of carboxylic acids is 1. The first-order valence-corrected chi connectivity index (χ1v) is 6.60. The molecule has 0 spiro atoms. The quantitative estimate of drug-likeness (QED) is 0.871. The Hall–Kier alpha value is -2.77. The smallest absolute Gasteiger partial charge is 0.356 e. The molecule has 2 aliphatic heterocycles. The number of hydrogen-bond donors (Lipinski definition) is 1. The molecule has 4 rings (SSSR count). The van der Waals surface area contributed by atoms with Gasteiger partial charge in [0.15, 0.2) is 17.3 Å². The van der Waals surface area contributed by atoms with Gasteiger partial charge in [0.1, 0.15) is 11.9 Å². The third kappa shape index (κ3) is 1.44. The monoisotopic (exact) mass is 305 g/mol. The Morgan fingerprint density at radius 2 is 2.14 bits per heavy atom. The van der Waals surface area contributed by atoms with Gasteiger partial charge in [0, 0.05) is 6.54 Å². The maximum absolute atomic E-state index is 14.1. The van der Waals surface area contributed by atoms with Crippen LogP contribution in [0.2, 0.25) is 0 Å². The molecule has 112 valence electrons. The molecule has 1 atom stereocenters. The number of carbonyl (C=O) groups excluding carboxylic acids is 1. The van der Waals surface area contributed by atoms with E-state index in [1.807, 2.05) is 0 Å². The van der Waals surface area contributed by atoms with Crippen LogP contribution in [0.25, 0.3) is 5.69 Å². The van der Waals surface area contributed by atoms with Crippen LogP contribution in [0.1, 0.15) is 39.0 Å². The molecule has 1 unspecified atom stereocenters. The zero-order chi connectivity index (χ0) is 15.6. The van der Waals surface area contributed by atoms with Crippen LogP contribution in [0.4, 0.5) is 8.78 Å². The van der Waals surface area contributed by atoms with Crippen molar-refractivity contribution < 1.29 is 23.5 Å². The van der Waals surface area contributed by atoms with Gasteiger partial charge >= 0.3 is 5.97 Å². The number of carboxylic acid groups (broad SMARTS) is 1. The number of hydrogen-bond acceptors (Lipinski definition) is 3. The molecule has 22 heavy (non-hydrogen) atoms. The van der Waals surface area contributed by atoms with E-state index in [0.717, 1.165) is 6.07 Å². The number of amides is 1. The van der Waals surface area contributed by atoms with E-state index in [2.05, 4.69) is 4.98 Å². The number of imidazole rings is 1. The summed E-state index contributed by atoms with van der Waals surface area (Å²) in [4.78, 5) is 29.0. The van der Waals surface area contributed by atoms with Crippen molar-refractivity contribution in [1.29, 1.82) is 0 Å². The number of carbonyl (C=O) groups is 2. The summed E-state index contributed by atoms with van der Waals surface area (Å²) in [7, 11) is 0. The summed E-state index contributed by atoms with van der Waals surface area (Å²) in [5.74, 6) is -4.21. The van der Waals surface area contributed by atoms with E-state index < -0.39 is 35.1 Å². The van der Waals surface area contributed by atoms with Crippen LogP contribution in [0.15, 0.2) is 18.5 Å². The van der Waals surface area contributed by atoms with Crippen molar-refractivity contribution >= 4 is 11.9 Å². The summed E-state index contributed by atoms with van der Waals surface area (Å²) in [6.45, 7) is 0.364. The topological polar surface area (TPSA) is 75.4 Å². The van der Waals surface area contributed by atoms with Crippen LogP contribution in [0.3, 0.4) is 0 Å². The Morgan fingerprint density at radius 1 is 1.36 bits per heavy atom. The first kappa shape index (κ1) is 12.9. The lowest BCUT2D eigenvalue weighted by atomic mass is 9.97. The molecule has 1 aromatic carbocycles. The molecule has 0 saturated carbocycles. The second kappa shape index (κ2) is 4.12. The Labute approximate surface area is 122 Å². The van der Waals surface area contributed by atoms with E-state index >= 15 is 0 Å². The van der Waals surface area contributed by atoms with Gasteiger partial charge in [-0.25, -0.2) is 18.6 Å². The lowest BCUT2D eigenvalue weighted by Gasteiger charge is -2.39. The van der Waals surface area contributed by atoms with Crippen LogP contribution in [0, 0.1) is 11.6 Å². The summed E-state index contributed by atoms with van der Waals surface area (Å²) in [6.07, 6.45) is 1.78. The molecule has 8 heteroatoms. The molecule has 2 aliphatic rings. The minimum absolute atomic E-state index is 0.105. The zero-order valence-corrected chi connectivity index (χ0v) is 11.1. The van der Waals surface area contributed by atoms with Crippen molar-refractivity contribution in [2.75, 3.05) is 6.54 Å². The molecule has 1 saturated heterocycles. The lowest BCUT2D eigenvalue weighted by Crippen LogP contribution is -2.45. The van der Waals surface area contributed by atoms with E-state index in [-0.39, 0.29) is 11.4 Å². The molecule has 0 aliphatic carbocycles.